The number of nitriles is 1. The third kappa shape index (κ3) is 2.87. The van der Waals surface area contributed by atoms with E-state index >= 15 is 0 Å². The summed E-state index contributed by atoms with van der Waals surface area (Å²) in [5.74, 6) is 0.697. The first-order valence-corrected chi connectivity index (χ1v) is 6.44. The van der Waals surface area contributed by atoms with Crippen LogP contribution in [0.5, 0.6) is 5.75 Å². The molecule has 0 bridgehead atoms. The van der Waals surface area contributed by atoms with E-state index < -0.39 is 5.41 Å². The van der Waals surface area contributed by atoms with Gasteiger partial charge < -0.3 is 10.1 Å². The molecule has 2 rings (SSSR count). The highest BCUT2D eigenvalue weighted by Gasteiger charge is 2.50. The average Bonchev–Trinajstić information content (AvgIpc) is 3.20. The van der Waals surface area contributed by atoms with Crippen molar-refractivity contribution < 1.29 is 9.53 Å². The molecule has 19 heavy (non-hydrogen) atoms. The fourth-order valence-electron chi connectivity index (χ4n) is 2.10. The molecule has 0 saturated heterocycles. The Bertz CT molecular complexity index is 527. The van der Waals surface area contributed by atoms with Gasteiger partial charge in [0.1, 0.15) is 11.2 Å². The minimum atomic E-state index is -0.739. The van der Waals surface area contributed by atoms with Gasteiger partial charge in [-0.1, -0.05) is 17.7 Å². The number of benzene rings is 1. The lowest BCUT2D eigenvalue weighted by molar-refractivity contribution is -0.124. The molecule has 4 heteroatoms. The first-order valence-electron chi connectivity index (χ1n) is 6.44. The molecule has 0 heterocycles. The van der Waals surface area contributed by atoms with Gasteiger partial charge in [-0.15, -0.1) is 0 Å². The average molecular weight is 258 g/mol. The number of rotatable bonds is 5. The molecule has 1 aliphatic rings. The summed E-state index contributed by atoms with van der Waals surface area (Å²) in [6.07, 6.45) is 2.07. The monoisotopic (exact) mass is 258 g/mol. The Morgan fingerprint density at radius 2 is 2.26 bits per heavy atom. The number of methoxy groups -OCH3 is 1. The summed E-state index contributed by atoms with van der Waals surface area (Å²) in [7, 11) is 1.64. The van der Waals surface area contributed by atoms with E-state index in [-0.39, 0.29) is 5.91 Å². The van der Waals surface area contributed by atoms with Crippen molar-refractivity contribution in [1.82, 2.24) is 5.32 Å². The zero-order valence-corrected chi connectivity index (χ0v) is 11.3. The quantitative estimate of drug-likeness (QED) is 0.878. The number of nitrogens with one attached hydrogen (secondary N) is 1. The molecule has 1 saturated carbocycles. The van der Waals surface area contributed by atoms with Gasteiger partial charge in [-0.3, -0.25) is 4.79 Å². The van der Waals surface area contributed by atoms with Crippen molar-refractivity contribution in [3.63, 3.8) is 0 Å². The van der Waals surface area contributed by atoms with E-state index in [0.29, 0.717) is 25.8 Å². The van der Waals surface area contributed by atoms with Crippen LogP contribution in [0.1, 0.15) is 24.0 Å². The highest BCUT2D eigenvalue weighted by atomic mass is 16.5. The Labute approximate surface area is 113 Å². The number of nitrogens with zero attached hydrogens (tertiary/aromatic N) is 1. The first-order chi connectivity index (χ1) is 9.11. The highest BCUT2D eigenvalue weighted by molar-refractivity contribution is 5.88. The van der Waals surface area contributed by atoms with Crippen LogP contribution < -0.4 is 10.1 Å². The van der Waals surface area contributed by atoms with Crippen LogP contribution in [0.15, 0.2) is 18.2 Å². The topological polar surface area (TPSA) is 62.1 Å². The third-order valence-electron chi connectivity index (χ3n) is 3.51. The van der Waals surface area contributed by atoms with Crippen molar-refractivity contribution in [2.75, 3.05) is 13.7 Å². The lowest BCUT2D eigenvalue weighted by Crippen LogP contribution is -2.32. The Balaban J connectivity index is 1.91. The third-order valence-corrected chi connectivity index (χ3v) is 3.51. The van der Waals surface area contributed by atoms with E-state index in [2.05, 4.69) is 17.5 Å². The zero-order valence-electron chi connectivity index (χ0n) is 11.3. The lowest BCUT2D eigenvalue weighted by atomic mass is 10.1. The minimum Gasteiger partial charge on any atom is -0.496 e. The fourth-order valence-corrected chi connectivity index (χ4v) is 2.10. The summed E-state index contributed by atoms with van der Waals surface area (Å²) < 4.78 is 5.29. The fraction of sp³-hybridized carbons (Fsp3) is 0.467. The Morgan fingerprint density at radius 3 is 2.84 bits per heavy atom. The van der Waals surface area contributed by atoms with E-state index in [0.717, 1.165) is 16.9 Å². The number of hydrogen-bond donors (Lipinski definition) is 1. The van der Waals surface area contributed by atoms with E-state index in [1.54, 1.807) is 7.11 Å². The van der Waals surface area contributed by atoms with Crippen molar-refractivity contribution in [3.8, 4) is 11.8 Å². The van der Waals surface area contributed by atoms with Crippen LogP contribution in [0.2, 0.25) is 0 Å². The normalized spacial score (nSPS) is 15.4. The van der Waals surface area contributed by atoms with E-state index in [4.69, 9.17) is 10.00 Å². The maximum absolute atomic E-state index is 11.8. The van der Waals surface area contributed by atoms with E-state index in [1.807, 2.05) is 19.1 Å². The number of hydrogen-bond acceptors (Lipinski definition) is 3. The van der Waals surface area contributed by atoms with Crippen LogP contribution in [0, 0.1) is 23.7 Å². The standard InChI is InChI=1S/C15H18N2O2/c1-11-3-4-13(19-2)12(9-11)5-8-17-14(18)15(10-16)6-7-15/h3-4,9H,5-8H2,1-2H3,(H,17,18). The Morgan fingerprint density at radius 1 is 1.53 bits per heavy atom. The summed E-state index contributed by atoms with van der Waals surface area (Å²) >= 11 is 0. The van der Waals surface area contributed by atoms with Crippen LogP contribution in [0.3, 0.4) is 0 Å². The number of carbonyl (C=O) groups is 1. The molecule has 1 aromatic carbocycles. The van der Waals surface area contributed by atoms with Crippen molar-refractivity contribution in [2.45, 2.75) is 26.2 Å². The minimum absolute atomic E-state index is 0.137. The lowest BCUT2D eigenvalue weighted by Gasteiger charge is -2.11. The summed E-state index contributed by atoms with van der Waals surface area (Å²) in [4.78, 5) is 11.8. The zero-order chi connectivity index (χ0) is 13.9. The highest BCUT2D eigenvalue weighted by Crippen LogP contribution is 2.44. The van der Waals surface area contributed by atoms with Crippen LogP contribution >= 0.6 is 0 Å². The molecule has 4 nitrogen and oxygen atoms in total. The van der Waals surface area contributed by atoms with Gasteiger partial charge in [0, 0.05) is 6.54 Å². The maximum atomic E-state index is 11.8. The molecule has 1 aromatic rings. The predicted octanol–water partition coefficient (Wildman–Crippen LogP) is 1.97. The van der Waals surface area contributed by atoms with Gasteiger partial charge in [0.25, 0.3) is 0 Å². The largest absolute Gasteiger partial charge is 0.496 e. The molecule has 0 atom stereocenters. The molecule has 1 amide bonds. The summed E-state index contributed by atoms with van der Waals surface area (Å²) in [6, 6.07) is 8.08. The van der Waals surface area contributed by atoms with Crippen molar-refractivity contribution in [1.29, 1.82) is 5.26 Å². The molecule has 1 fully saturated rings. The maximum Gasteiger partial charge on any atom is 0.240 e. The molecular weight excluding hydrogens is 240 g/mol. The molecule has 0 unspecified atom stereocenters. The molecule has 0 aliphatic heterocycles. The number of carbonyl (C=O) groups excluding carboxylic acids is 1. The molecule has 1 N–H and O–H groups in total. The van der Waals surface area contributed by atoms with Gasteiger partial charge in [0.2, 0.25) is 5.91 Å². The number of ether oxygens (including phenoxy) is 1. The van der Waals surface area contributed by atoms with Crippen molar-refractivity contribution in [2.24, 2.45) is 5.41 Å². The van der Waals surface area contributed by atoms with Crippen molar-refractivity contribution in [3.05, 3.63) is 29.3 Å². The molecule has 0 radical (unpaired) electrons. The van der Waals surface area contributed by atoms with Gasteiger partial charge in [-0.05, 0) is 37.8 Å². The van der Waals surface area contributed by atoms with Gasteiger partial charge >= 0.3 is 0 Å². The van der Waals surface area contributed by atoms with Gasteiger partial charge in [-0.25, -0.2) is 0 Å². The number of amides is 1. The Hall–Kier alpha value is -2.02. The second kappa shape index (κ2) is 5.31. The van der Waals surface area contributed by atoms with Gasteiger partial charge in [0.05, 0.1) is 13.2 Å². The van der Waals surface area contributed by atoms with E-state index in [9.17, 15) is 4.79 Å². The van der Waals surface area contributed by atoms with E-state index in [1.165, 1.54) is 0 Å². The summed E-state index contributed by atoms with van der Waals surface area (Å²) in [6.45, 7) is 2.55. The first kappa shape index (κ1) is 13.4. The Kier molecular flexibility index (Phi) is 3.75. The number of aryl methyl sites for hydroxylation is 1. The molecular formula is C15H18N2O2. The second-order valence-corrected chi connectivity index (χ2v) is 5.02. The summed E-state index contributed by atoms with van der Waals surface area (Å²) in [5, 5.41) is 11.8. The van der Waals surface area contributed by atoms with Crippen LogP contribution in [0.4, 0.5) is 0 Å². The molecule has 0 spiro atoms. The van der Waals surface area contributed by atoms with Gasteiger partial charge in [-0.2, -0.15) is 5.26 Å². The van der Waals surface area contributed by atoms with Crippen LogP contribution in [-0.4, -0.2) is 19.6 Å². The predicted molar refractivity (Wildman–Crippen MR) is 71.7 cm³/mol. The molecule has 100 valence electrons. The summed E-state index contributed by atoms with van der Waals surface area (Å²) in [5.41, 5.74) is 1.50. The molecule has 1 aliphatic carbocycles. The van der Waals surface area contributed by atoms with Crippen LogP contribution in [-0.2, 0) is 11.2 Å². The SMILES string of the molecule is COc1ccc(C)cc1CCNC(=O)C1(C#N)CC1. The van der Waals surface area contributed by atoms with Gasteiger partial charge in [0.15, 0.2) is 0 Å². The smallest absolute Gasteiger partial charge is 0.240 e. The molecule has 0 aromatic heterocycles. The second-order valence-electron chi connectivity index (χ2n) is 5.02. The van der Waals surface area contributed by atoms with Crippen molar-refractivity contribution >= 4 is 5.91 Å². The van der Waals surface area contributed by atoms with Crippen LogP contribution in [0.25, 0.3) is 0 Å².